The molecule has 51 heavy (non-hydrogen) atoms. The number of rotatable bonds is 6. The van der Waals surface area contributed by atoms with Gasteiger partial charge in [-0.25, -0.2) is 13.6 Å². The van der Waals surface area contributed by atoms with Crippen LogP contribution in [0.15, 0.2) is 84.9 Å². The van der Waals surface area contributed by atoms with E-state index in [4.69, 9.17) is 15.8 Å². The molecule has 0 bridgehead atoms. The summed E-state index contributed by atoms with van der Waals surface area (Å²) in [4.78, 5) is 36.7. The largest absolute Gasteiger partial charge is 1.00 e. The third kappa shape index (κ3) is 19.6. The average Bonchev–Trinajstić information content (AvgIpc) is 3.44. The fraction of sp³-hybridized carbons (Fsp3) is 0.289. The molecule has 0 aliphatic carbocycles. The van der Waals surface area contributed by atoms with Crippen molar-refractivity contribution in [3.8, 4) is 0 Å². The Morgan fingerprint density at radius 2 is 1.37 bits per heavy atom. The Hall–Kier alpha value is -1.18. The summed E-state index contributed by atoms with van der Waals surface area (Å²) in [6, 6.07) is 25.4. The molecule has 0 saturated carbocycles. The van der Waals surface area contributed by atoms with E-state index in [1.54, 1.807) is 18.7 Å². The van der Waals surface area contributed by atoms with Gasteiger partial charge in [-0.05, 0) is 71.5 Å². The summed E-state index contributed by atoms with van der Waals surface area (Å²) in [5.41, 5.74) is 11.4. The van der Waals surface area contributed by atoms with Crippen molar-refractivity contribution >= 4 is 34.3 Å². The van der Waals surface area contributed by atoms with Crippen LogP contribution in [-0.4, -0.2) is 30.4 Å². The molecule has 2 N–H and O–H groups in total. The van der Waals surface area contributed by atoms with E-state index in [1.807, 2.05) is 88.4 Å². The van der Waals surface area contributed by atoms with Crippen LogP contribution < -0.4 is 114 Å². The maximum absolute atomic E-state index is 13.4. The number of halogens is 3. The summed E-state index contributed by atoms with van der Waals surface area (Å²) >= 11 is 3.20. The number of aryl methyl sites for hydroxylation is 2. The summed E-state index contributed by atoms with van der Waals surface area (Å²) in [6.45, 7) is 13.0. The first kappa shape index (κ1) is 54.2. The molecule has 1 amide bonds. The van der Waals surface area contributed by atoms with E-state index in [0.717, 1.165) is 16.7 Å². The van der Waals surface area contributed by atoms with Crippen LogP contribution in [0.1, 0.15) is 83.2 Å². The van der Waals surface area contributed by atoms with E-state index in [-0.39, 0.29) is 128 Å². The molecule has 0 aromatic heterocycles. The molecule has 4 aromatic rings. The van der Waals surface area contributed by atoms with Gasteiger partial charge in [0.05, 0.1) is 12.7 Å². The molecule has 0 radical (unpaired) electrons. The molecule has 13 heteroatoms. The standard InChI is InChI=1S/C16H14FNO.C10H10BrFO2.C7H9N.2C2H6.CH2O3.2K.H/c1-11-7-14(17)8-13-10-18(16(19)15(11)13)9-12-5-3-2-4-6-12;1-6-3-8(12)4-7(5-11)9(6)10(13)14-2;8-6-7-4-2-1-3-5-7;2*1-2;2-1-4-3;;;/h2-8H,9-10H2,1H3;3-4H,5H2,1-2H3;1-5H,6,8H2;2*1-2H3;1,3H;;;/q;;;;;;2*+1;-1/p-1. The van der Waals surface area contributed by atoms with E-state index in [2.05, 4.69) is 25.6 Å². The molecule has 0 fully saturated rings. The van der Waals surface area contributed by atoms with Gasteiger partial charge in [-0.3, -0.25) is 9.59 Å². The quantitative estimate of drug-likeness (QED) is 0.0788. The van der Waals surface area contributed by atoms with Gasteiger partial charge in [0.15, 0.2) is 0 Å². The molecular weight excluding hydrogens is 777 g/mol. The Morgan fingerprint density at radius 1 is 0.902 bits per heavy atom. The number of hydrogen-bond acceptors (Lipinski definition) is 7. The minimum atomic E-state index is -0.433. The maximum Gasteiger partial charge on any atom is 1.00 e. The molecule has 4 aromatic carbocycles. The third-order valence-corrected chi connectivity index (χ3v) is 7.10. The molecule has 8 nitrogen and oxygen atoms in total. The van der Waals surface area contributed by atoms with Crippen LogP contribution in [0, 0.1) is 25.5 Å². The van der Waals surface area contributed by atoms with Crippen LogP contribution in [0.25, 0.3) is 0 Å². The molecule has 268 valence electrons. The number of fused-ring (bicyclic) bond motifs is 1. The zero-order valence-electron chi connectivity index (χ0n) is 32.1. The number of methoxy groups -OCH3 is 1. The van der Waals surface area contributed by atoms with Gasteiger partial charge in [0.25, 0.3) is 12.4 Å². The molecule has 1 aliphatic heterocycles. The number of alkyl halides is 1. The summed E-state index contributed by atoms with van der Waals surface area (Å²) in [5.74, 6) is -1.05. The van der Waals surface area contributed by atoms with Crippen molar-refractivity contribution in [3.63, 3.8) is 0 Å². The Balaban J connectivity index is -0.000000309. The van der Waals surface area contributed by atoms with Crippen LogP contribution in [0.5, 0.6) is 0 Å². The zero-order valence-corrected chi connectivity index (χ0v) is 38.9. The van der Waals surface area contributed by atoms with Crippen molar-refractivity contribution in [2.45, 2.75) is 66.5 Å². The van der Waals surface area contributed by atoms with Crippen molar-refractivity contribution in [2.24, 2.45) is 5.73 Å². The van der Waals surface area contributed by atoms with Crippen molar-refractivity contribution in [2.75, 3.05) is 7.11 Å². The number of benzene rings is 4. The maximum atomic E-state index is 13.4. The van der Waals surface area contributed by atoms with Crippen molar-refractivity contribution in [1.82, 2.24) is 4.90 Å². The van der Waals surface area contributed by atoms with Crippen LogP contribution in [0.4, 0.5) is 8.78 Å². The third-order valence-electron chi connectivity index (χ3n) is 6.49. The normalized spacial score (nSPS) is 9.96. The van der Waals surface area contributed by atoms with Crippen LogP contribution in [0.3, 0.4) is 0 Å². The van der Waals surface area contributed by atoms with E-state index in [0.29, 0.717) is 47.2 Å². The number of ether oxygens (including phenoxy) is 1. The number of esters is 1. The number of carbonyl (C=O) groups is 3. The first-order valence-electron chi connectivity index (χ1n) is 15.6. The van der Waals surface area contributed by atoms with E-state index < -0.39 is 5.97 Å². The van der Waals surface area contributed by atoms with Crippen LogP contribution in [-0.2, 0) is 39.4 Å². The molecule has 5 rings (SSSR count). The summed E-state index contributed by atoms with van der Waals surface area (Å²) in [6.07, 6.45) is 0. The number of nitrogens with two attached hydrogens (primary N) is 1. The number of carbonyl (C=O) groups excluding carboxylic acids is 3. The monoisotopic (exact) mass is 822 g/mol. The van der Waals surface area contributed by atoms with Crippen molar-refractivity contribution in [3.05, 3.63) is 141 Å². The van der Waals surface area contributed by atoms with E-state index >= 15 is 0 Å². The second-order valence-electron chi connectivity index (χ2n) is 9.67. The topological polar surface area (TPSA) is 122 Å². The fourth-order valence-electron chi connectivity index (χ4n) is 4.54. The van der Waals surface area contributed by atoms with Gasteiger partial charge in [0.1, 0.15) is 11.6 Å². The van der Waals surface area contributed by atoms with Gasteiger partial charge in [-0.2, -0.15) is 0 Å². The Labute approximate surface area is 396 Å². The van der Waals surface area contributed by atoms with Crippen molar-refractivity contribution < 1.29 is 142 Å². The number of amides is 1. The van der Waals surface area contributed by atoms with Gasteiger partial charge >= 0.3 is 109 Å². The SMILES string of the molecule is CC.CC.COC(=O)c1c(C)cc(F)cc1CBr.Cc1cc(F)cc2c1C(=O)N(Cc1ccccc1)C2.NCc1ccccc1.O=CO[O-].[H-].[K+].[K+]. The van der Waals surface area contributed by atoms with Gasteiger partial charge in [0, 0.05) is 30.5 Å². The molecule has 0 unspecified atom stereocenters. The molecule has 0 saturated heterocycles. The molecular formula is C38H47BrF2K2N2O6. The van der Waals surface area contributed by atoms with E-state index in [9.17, 15) is 18.4 Å². The Kier molecular flexibility index (Phi) is 34.3. The average molecular weight is 824 g/mol. The molecule has 0 spiro atoms. The molecule has 1 aliphatic rings. The summed E-state index contributed by atoms with van der Waals surface area (Å²) in [5, 5.41) is 8.86. The van der Waals surface area contributed by atoms with E-state index in [1.165, 1.54) is 36.9 Å². The summed E-state index contributed by atoms with van der Waals surface area (Å²) in [7, 11) is 1.31. The Bertz CT molecular complexity index is 1580. The van der Waals surface area contributed by atoms with Gasteiger partial charge < -0.3 is 26.9 Å². The minimum absolute atomic E-state index is 0. The van der Waals surface area contributed by atoms with Gasteiger partial charge in [0.2, 0.25) is 0 Å². The predicted octanol–water partition coefficient (Wildman–Crippen LogP) is 1.86. The van der Waals surface area contributed by atoms with Crippen LogP contribution >= 0.6 is 15.9 Å². The number of nitrogens with zero attached hydrogens (tertiary/aromatic N) is 1. The zero-order chi connectivity index (χ0) is 37.4. The molecule has 0 atom stereocenters. The first-order chi connectivity index (χ1) is 23.6. The fourth-order valence-corrected chi connectivity index (χ4v) is 4.98. The summed E-state index contributed by atoms with van der Waals surface area (Å²) < 4.78 is 31.0. The Morgan fingerprint density at radius 3 is 1.80 bits per heavy atom. The smallest absolute Gasteiger partial charge is 1.00 e. The molecule has 1 heterocycles. The first-order valence-corrected chi connectivity index (χ1v) is 16.7. The predicted molar refractivity (Wildman–Crippen MR) is 192 cm³/mol. The second-order valence-corrected chi connectivity index (χ2v) is 10.2. The van der Waals surface area contributed by atoms with Gasteiger partial charge in [-0.15, -0.1) is 0 Å². The van der Waals surface area contributed by atoms with Gasteiger partial charge in [-0.1, -0.05) is 104 Å². The number of hydrogen-bond donors (Lipinski definition) is 1. The van der Waals surface area contributed by atoms with Crippen LogP contribution in [0.2, 0.25) is 0 Å². The second kappa shape index (κ2) is 32.3. The van der Waals surface area contributed by atoms with Crippen molar-refractivity contribution in [1.29, 1.82) is 0 Å². The minimum Gasteiger partial charge on any atom is -1.00 e.